The van der Waals surface area contributed by atoms with Crippen LogP contribution in [0.3, 0.4) is 0 Å². The maximum absolute atomic E-state index is 4.80. The third kappa shape index (κ3) is 2.68. The second-order valence-corrected chi connectivity index (χ2v) is 6.23. The van der Waals surface area contributed by atoms with E-state index in [1.54, 1.807) is 0 Å². The summed E-state index contributed by atoms with van der Waals surface area (Å²) >= 11 is 0. The molecule has 4 rings (SSSR count). The normalized spacial score (nSPS) is 17.7. The highest BCUT2D eigenvalue weighted by Gasteiger charge is 2.17. The van der Waals surface area contributed by atoms with Gasteiger partial charge < -0.3 is 10.6 Å². The van der Waals surface area contributed by atoms with Crippen molar-refractivity contribution in [2.24, 2.45) is 0 Å². The minimum absolute atomic E-state index is 0.450. The monoisotopic (exact) mass is 307 g/mol. The molecule has 1 aliphatic rings. The molecule has 0 bridgehead atoms. The summed E-state index contributed by atoms with van der Waals surface area (Å²) in [5, 5.41) is 11.8. The third-order valence-corrected chi connectivity index (χ3v) is 4.39. The molecular formula is C18H21N5. The number of nitrogens with zero attached hydrogens (tertiary/aromatic N) is 3. The SMILES string of the molecule is Cc1cc(NC2CCNC2)n2nc(-c3ccccc3C)cc2n1. The predicted octanol–water partition coefficient (Wildman–Crippen LogP) is 2.79. The predicted molar refractivity (Wildman–Crippen MR) is 92.8 cm³/mol. The molecule has 0 aliphatic carbocycles. The van der Waals surface area contributed by atoms with E-state index in [4.69, 9.17) is 5.10 Å². The molecule has 0 amide bonds. The summed E-state index contributed by atoms with van der Waals surface area (Å²) < 4.78 is 1.92. The van der Waals surface area contributed by atoms with Crippen LogP contribution < -0.4 is 10.6 Å². The summed E-state index contributed by atoms with van der Waals surface area (Å²) in [6, 6.07) is 12.9. The van der Waals surface area contributed by atoms with E-state index in [0.29, 0.717) is 6.04 Å². The fraction of sp³-hybridized carbons (Fsp3) is 0.333. The Morgan fingerprint density at radius 1 is 1.22 bits per heavy atom. The van der Waals surface area contributed by atoms with Gasteiger partial charge in [-0.05, 0) is 32.4 Å². The summed E-state index contributed by atoms with van der Waals surface area (Å²) in [7, 11) is 0. The minimum Gasteiger partial charge on any atom is -0.366 e. The van der Waals surface area contributed by atoms with Crippen LogP contribution in [-0.4, -0.2) is 33.7 Å². The largest absolute Gasteiger partial charge is 0.366 e. The molecule has 118 valence electrons. The lowest BCUT2D eigenvalue weighted by Crippen LogP contribution is -2.23. The Balaban J connectivity index is 1.79. The first-order chi connectivity index (χ1) is 11.2. The van der Waals surface area contributed by atoms with Crippen LogP contribution in [0.2, 0.25) is 0 Å². The number of hydrogen-bond donors (Lipinski definition) is 2. The maximum atomic E-state index is 4.80. The van der Waals surface area contributed by atoms with Gasteiger partial charge in [0.25, 0.3) is 0 Å². The molecule has 0 spiro atoms. The van der Waals surface area contributed by atoms with E-state index in [-0.39, 0.29) is 0 Å². The lowest BCUT2D eigenvalue weighted by Gasteiger charge is -2.14. The van der Waals surface area contributed by atoms with Crippen molar-refractivity contribution in [1.82, 2.24) is 19.9 Å². The molecule has 5 heteroatoms. The molecule has 0 saturated carbocycles. The smallest absolute Gasteiger partial charge is 0.158 e. The van der Waals surface area contributed by atoms with Gasteiger partial charge in [0.1, 0.15) is 5.82 Å². The Bertz CT molecular complexity index is 846. The fourth-order valence-corrected chi connectivity index (χ4v) is 3.18. The minimum atomic E-state index is 0.450. The summed E-state index contributed by atoms with van der Waals surface area (Å²) in [5.41, 5.74) is 5.24. The van der Waals surface area contributed by atoms with Crippen molar-refractivity contribution in [3.8, 4) is 11.3 Å². The van der Waals surface area contributed by atoms with Gasteiger partial charge in [-0.15, -0.1) is 0 Å². The summed E-state index contributed by atoms with van der Waals surface area (Å²) in [4.78, 5) is 4.63. The van der Waals surface area contributed by atoms with Crippen molar-refractivity contribution < 1.29 is 0 Å². The molecule has 3 heterocycles. The number of fused-ring (bicyclic) bond motifs is 1. The zero-order valence-corrected chi connectivity index (χ0v) is 13.5. The Morgan fingerprint density at radius 2 is 2.09 bits per heavy atom. The Labute approximate surface area is 135 Å². The van der Waals surface area contributed by atoms with Gasteiger partial charge in [-0.3, -0.25) is 0 Å². The van der Waals surface area contributed by atoms with Crippen LogP contribution >= 0.6 is 0 Å². The number of aromatic nitrogens is 3. The second kappa shape index (κ2) is 5.66. The van der Waals surface area contributed by atoms with Crippen molar-refractivity contribution in [2.45, 2.75) is 26.3 Å². The highest BCUT2D eigenvalue weighted by molar-refractivity contribution is 5.68. The summed E-state index contributed by atoms with van der Waals surface area (Å²) in [6.07, 6.45) is 1.13. The average Bonchev–Trinajstić information content (AvgIpc) is 3.17. The average molecular weight is 307 g/mol. The van der Waals surface area contributed by atoms with Crippen LogP contribution in [0.25, 0.3) is 16.9 Å². The number of benzene rings is 1. The number of hydrogen-bond acceptors (Lipinski definition) is 4. The molecule has 1 aromatic carbocycles. The van der Waals surface area contributed by atoms with Gasteiger partial charge in [0.05, 0.1) is 5.69 Å². The van der Waals surface area contributed by atoms with Gasteiger partial charge in [0, 0.05) is 36.0 Å². The van der Waals surface area contributed by atoms with E-state index < -0.39 is 0 Å². The number of rotatable bonds is 3. The molecule has 0 radical (unpaired) electrons. The van der Waals surface area contributed by atoms with Crippen LogP contribution in [-0.2, 0) is 0 Å². The van der Waals surface area contributed by atoms with Crippen molar-refractivity contribution in [1.29, 1.82) is 0 Å². The molecule has 1 aliphatic heterocycles. The van der Waals surface area contributed by atoms with Crippen LogP contribution in [0.15, 0.2) is 36.4 Å². The lowest BCUT2D eigenvalue weighted by molar-refractivity contribution is 0.774. The van der Waals surface area contributed by atoms with Gasteiger partial charge in [-0.1, -0.05) is 24.3 Å². The van der Waals surface area contributed by atoms with Gasteiger partial charge in [0.2, 0.25) is 0 Å². The number of aryl methyl sites for hydroxylation is 2. The van der Waals surface area contributed by atoms with Crippen LogP contribution in [0, 0.1) is 13.8 Å². The van der Waals surface area contributed by atoms with E-state index >= 15 is 0 Å². The maximum Gasteiger partial charge on any atom is 0.158 e. The fourth-order valence-electron chi connectivity index (χ4n) is 3.18. The van der Waals surface area contributed by atoms with Crippen LogP contribution in [0.4, 0.5) is 5.82 Å². The molecule has 2 aromatic heterocycles. The first kappa shape index (κ1) is 14.2. The van der Waals surface area contributed by atoms with Gasteiger partial charge in [-0.25, -0.2) is 4.98 Å². The van der Waals surface area contributed by atoms with Crippen molar-refractivity contribution in [3.63, 3.8) is 0 Å². The first-order valence-electron chi connectivity index (χ1n) is 8.11. The molecule has 5 nitrogen and oxygen atoms in total. The highest BCUT2D eigenvalue weighted by atomic mass is 15.3. The number of nitrogens with one attached hydrogen (secondary N) is 2. The topological polar surface area (TPSA) is 54.2 Å². The lowest BCUT2D eigenvalue weighted by atomic mass is 10.1. The standard InChI is InChI=1S/C18H21N5/c1-12-5-3-4-6-15(12)16-10-18-20-13(2)9-17(23(18)22-16)21-14-7-8-19-11-14/h3-6,9-10,14,19,21H,7-8,11H2,1-2H3. The molecule has 3 aromatic rings. The van der Waals surface area contributed by atoms with Crippen molar-refractivity contribution >= 4 is 11.5 Å². The Hall–Kier alpha value is -2.40. The van der Waals surface area contributed by atoms with E-state index in [1.165, 1.54) is 5.56 Å². The molecule has 1 unspecified atom stereocenters. The Kier molecular flexibility index (Phi) is 3.50. The first-order valence-corrected chi connectivity index (χ1v) is 8.11. The molecular weight excluding hydrogens is 286 g/mol. The highest BCUT2D eigenvalue weighted by Crippen LogP contribution is 2.25. The summed E-state index contributed by atoms with van der Waals surface area (Å²) in [5.74, 6) is 1.01. The zero-order chi connectivity index (χ0) is 15.8. The zero-order valence-electron chi connectivity index (χ0n) is 13.5. The third-order valence-electron chi connectivity index (χ3n) is 4.39. The number of anilines is 1. The van der Waals surface area contributed by atoms with Crippen molar-refractivity contribution in [2.75, 3.05) is 18.4 Å². The molecule has 1 saturated heterocycles. The van der Waals surface area contributed by atoms with Gasteiger partial charge in [-0.2, -0.15) is 9.61 Å². The van der Waals surface area contributed by atoms with Crippen LogP contribution in [0.1, 0.15) is 17.7 Å². The van der Waals surface area contributed by atoms with Gasteiger partial charge in [0.15, 0.2) is 5.65 Å². The quantitative estimate of drug-likeness (QED) is 0.781. The van der Waals surface area contributed by atoms with E-state index in [1.807, 2.05) is 17.5 Å². The second-order valence-electron chi connectivity index (χ2n) is 6.23. The van der Waals surface area contributed by atoms with Gasteiger partial charge >= 0.3 is 0 Å². The van der Waals surface area contributed by atoms with E-state index in [9.17, 15) is 0 Å². The molecule has 1 atom stereocenters. The Morgan fingerprint density at radius 3 is 2.87 bits per heavy atom. The van der Waals surface area contributed by atoms with Crippen molar-refractivity contribution in [3.05, 3.63) is 47.7 Å². The van der Waals surface area contributed by atoms with E-state index in [0.717, 1.165) is 47.9 Å². The molecule has 1 fully saturated rings. The molecule has 2 N–H and O–H groups in total. The summed E-state index contributed by atoms with van der Waals surface area (Å²) in [6.45, 7) is 6.20. The van der Waals surface area contributed by atoms with Crippen LogP contribution in [0.5, 0.6) is 0 Å². The molecule has 23 heavy (non-hydrogen) atoms. The van der Waals surface area contributed by atoms with E-state index in [2.05, 4.69) is 52.9 Å².